The molecular formula is C14H28N2O. The molecule has 3 nitrogen and oxygen atoms in total. The Morgan fingerprint density at radius 2 is 1.94 bits per heavy atom. The van der Waals surface area contributed by atoms with E-state index in [0.717, 1.165) is 18.9 Å². The molecule has 0 aliphatic heterocycles. The van der Waals surface area contributed by atoms with Gasteiger partial charge in [0, 0.05) is 6.04 Å². The van der Waals surface area contributed by atoms with Crippen LogP contribution in [0.5, 0.6) is 0 Å². The van der Waals surface area contributed by atoms with Crippen molar-refractivity contribution in [1.82, 2.24) is 10.6 Å². The summed E-state index contributed by atoms with van der Waals surface area (Å²) in [6, 6.07) is 0.358. The van der Waals surface area contributed by atoms with E-state index in [-0.39, 0.29) is 5.91 Å². The fourth-order valence-electron chi connectivity index (χ4n) is 2.75. The molecular weight excluding hydrogens is 212 g/mol. The summed E-state index contributed by atoms with van der Waals surface area (Å²) in [6.07, 6.45) is 3.58. The maximum atomic E-state index is 12.2. The molecule has 1 saturated carbocycles. The first kappa shape index (κ1) is 14.5. The van der Waals surface area contributed by atoms with Gasteiger partial charge >= 0.3 is 0 Å². The van der Waals surface area contributed by atoms with E-state index in [2.05, 4.69) is 24.5 Å². The lowest BCUT2D eigenvalue weighted by atomic mass is 9.79. The van der Waals surface area contributed by atoms with E-state index in [9.17, 15) is 4.79 Å². The van der Waals surface area contributed by atoms with Gasteiger partial charge in [-0.3, -0.25) is 4.79 Å². The third-order valence-electron chi connectivity index (χ3n) is 3.93. The average Bonchev–Trinajstić information content (AvgIpc) is 2.22. The van der Waals surface area contributed by atoms with Gasteiger partial charge in [0.1, 0.15) is 0 Å². The van der Waals surface area contributed by atoms with E-state index in [1.165, 1.54) is 12.8 Å². The summed E-state index contributed by atoms with van der Waals surface area (Å²) in [4.78, 5) is 12.2. The second-order valence-corrected chi connectivity index (χ2v) is 6.13. The van der Waals surface area contributed by atoms with Crippen molar-refractivity contribution < 1.29 is 4.79 Å². The quantitative estimate of drug-likeness (QED) is 0.792. The van der Waals surface area contributed by atoms with Crippen LogP contribution >= 0.6 is 0 Å². The molecule has 0 aromatic heterocycles. The van der Waals surface area contributed by atoms with Crippen molar-refractivity contribution in [2.24, 2.45) is 11.8 Å². The van der Waals surface area contributed by atoms with Crippen molar-refractivity contribution in [2.45, 2.75) is 65.5 Å². The molecule has 2 N–H and O–H groups in total. The van der Waals surface area contributed by atoms with Crippen LogP contribution in [0.4, 0.5) is 0 Å². The number of likely N-dealkylation sites (N-methyl/N-ethyl adjacent to an activating group) is 1. The number of nitrogens with one attached hydrogen (secondary N) is 2. The van der Waals surface area contributed by atoms with Gasteiger partial charge in [0.25, 0.3) is 0 Å². The SMILES string of the molecule is CCNC(C)(C)C(=O)NC1CCC(C)CC1C. The Morgan fingerprint density at radius 1 is 1.29 bits per heavy atom. The molecule has 1 rings (SSSR count). The van der Waals surface area contributed by atoms with Gasteiger partial charge in [0.05, 0.1) is 5.54 Å². The first-order chi connectivity index (χ1) is 7.86. The summed E-state index contributed by atoms with van der Waals surface area (Å²) in [6.45, 7) is 11.3. The van der Waals surface area contributed by atoms with Gasteiger partial charge < -0.3 is 10.6 Å². The normalized spacial score (nSPS) is 30.1. The molecule has 1 amide bonds. The summed E-state index contributed by atoms with van der Waals surface area (Å²) in [5.41, 5.74) is -0.461. The highest BCUT2D eigenvalue weighted by molar-refractivity contribution is 5.85. The molecule has 3 heteroatoms. The molecule has 1 aliphatic rings. The van der Waals surface area contributed by atoms with Crippen LogP contribution < -0.4 is 10.6 Å². The summed E-state index contributed by atoms with van der Waals surface area (Å²) in [5, 5.41) is 6.44. The lowest BCUT2D eigenvalue weighted by Crippen LogP contribution is -2.56. The third kappa shape index (κ3) is 3.98. The molecule has 3 atom stereocenters. The van der Waals surface area contributed by atoms with Gasteiger partial charge in [0.2, 0.25) is 5.91 Å². The van der Waals surface area contributed by atoms with Gasteiger partial charge in [-0.15, -0.1) is 0 Å². The Morgan fingerprint density at radius 3 is 2.47 bits per heavy atom. The Hall–Kier alpha value is -0.570. The molecule has 0 aromatic rings. The topological polar surface area (TPSA) is 41.1 Å². The highest BCUT2D eigenvalue weighted by Crippen LogP contribution is 2.28. The van der Waals surface area contributed by atoms with Crippen molar-refractivity contribution in [3.8, 4) is 0 Å². The van der Waals surface area contributed by atoms with Crippen LogP contribution in [-0.2, 0) is 4.79 Å². The van der Waals surface area contributed by atoms with E-state index in [1.54, 1.807) is 0 Å². The Bertz CT molecular complexity index is 263. The second kappa shape index (κ2) is 5.85. The Balaban J connectivity index is 2.51. The van der Waals surface area contributed by atoms with Crippen molar-refractivity contribution >= 4 is 5.91 Å². The zero-order chi connectivity index (χ0) is 13.1. The van der Waals surface area contributed by atoms with Crippen LogP contribution in [0, 0.1) is 11.8 Å². The van der Waals surface area contributed by atoms with Crippen LogP contribution in [0.1, 0.15) is 53.9 Å². The number of hydrogen-bond acceptors (Lipinski definition) is 2. The van der Waals surface area contributed by atoms with Gasteiger partial charge in [0.15, 0.2) is 0 Å². The molecule has 0 saturated heterocycles. The molecule has 1 aliphatic carbocycles. The molecule has 0 bridgehead atoms. The zero-order valence-corrected chi connectivity index (χ0v) is 12.0. The van der Waals surface area contributed by atoms with E-state index in [0.29, 0.717) is 12.0 Å². The number of hydrogen-bond donors (Lipinski definition) is 2. The fraction of sp³-hybridized carbons (Fsp3) is 0.929. The standard InChI is InChI=1S/C14H28N2O/c1-6-15-14(4,5)13(17)16-12-8-7-10(2)9-11(12)3/h10-12,15H,6-9H2,1-5H3,(H,16,17). The van der Waals surface area contributed by atoms with E-state index < -0.39 is 5.54 Å². The van der Waals surface area contributed by atoms with Crippen molar-refractivity contribution in [3.63, 3.8) is 0 Å². The highest BCUT2D eigenvalue weighted by atomic mass is 16.2. The number of rotatable bonds is 4. The number of carbonyl (C=O) groups is 1. The largest absolute Gasteiger partial charge is 0.352 e. The van der Waals surface area contributed by atoms with Gasteiger partial charge in [-0.1, -0.05) is 20.8 Å². The average molecular weight is 240 g/mol. The zero-order valence-electron chi connectivity index (χ0n) is 12.0. The molecule has 0 radical (unpaired) electrons. The third-order valence-corrected chi connectivity index (χ3v) is 3.93. The molecule has 17 heavy (non-hydrogen) atoms. The van der Waals surface area contributed by atoms with E-state index in [4.69, 9.17) is 0 Å². The minimum atomic E-state index is -0.461. The lowest BCUT2D eigenvalue weighted by molar-refractivity contribution is -0.127. The predicted molar refractivity (Wildman–Crippen MR) is 71.9 cm³/mol. The predicted octanol–water partition coefficient (Wildman–Crippen LogP) is 2.32. The maximum Gasteiger partial charge on any atom is 0.239 e. The Labute approximate surface area is 106 Å². The summed E-state index contributed by atoms with van der Waals surface area (Å²) >= 11 is 0. The number of amides is 1. The summed E-state index contributed by atoms with van der Waals surface area (Å²) in [5.74, 6) is 1.53. The second-order valence-electron chi connectivity index (χ2n) is 6.13. The first-order valence-corrected chi connectivity index (χ1v) is 6.92. The smallest absolute Gasteiger partial charge is 0.239 e. The van der Waals surface area contributed by atoms with Crippen LogP contribution in [0.15, 0.2) is 0 Å². The molecule has 0 heterocycles. The lowest BCUT2D eigenvalue weighted by Gasteiger charge is -2.35. The van der Waals surface area contributed by atoms with Gasteiger partial charge in [-0.2, -0.15) is 0 Å². The minimum absolute atomic E-state index is 0.130. The minimum Gasteiger partial charge on any atom is -0.352 e. The molecule has 0 aromatic carbocycles. The van der Waals surface area contributed by atoms with Gasteiger partial charge in [-0.05, 0) is 51.5 Å². The highest BCUT2D eigenvalue weighted by Gasteiger charge is 2.32. The molecule has 100 valence electrons. The summed E-state index contributed by atoms with van der Waals surface area (Å²) in [7, 11) is 0. The Kier molecular flexibility index (Phi) is 4.99. The van der Waals surface area contributed by atoms with Crippen LogP contribution in [0.2, 0.25) is 0 Å². The monoisotopic (exact) mass is 240 g/mol. The maximum absolute atomic E-state index is 12.2. The van der Waals surface area contributed by atoms with Crippen LogP contribution in [0.25, 0.3) is 0 Å². The van der Waals surface area contributed by atoms with Crippen LogP contribution in [0.3, 0.4) is 0 Å². The van der Waals surface area contributed by atoms with Crippen molar-refractivity contribution in [2.75, 3.05) is 6.54 Å². The van der Waals surface area contributed by atoms with E-state index >= 15 is 0 Å². The fourth-order valence-corrected chi connectivity index (χ4v) is 2.75. The van der Waals surface area contributed by atoms with E-state index in [1.807, 2.05) is 20.8 Å². The summed E-state index contributed by atoms with van der Waals surface area (Å²) < 4.78 is 0. The van der Waals surface area contributed by atoms with Gasteiger partial charge in [-0.25, -0.2) is 0 Å². The first-order valence-electron chi connectivity index (χ1n) is 6.92. The molecule has 0 spiro atoms. The molecule has 1 fully saturated rings. The van der Waals surface area contributed by atoms with Crippen molar-refractivity contribution in [3.05, 3.63) is 0 Å². The van der Waals surface area contributed by atoms with Crippen LogP contribution in [-0.4, -0.2) is 24.0 Å². The number of carbonyl (C=O) groups excluding carboxylic acids is 1. The van der Waals surface area contributed by atoms with Crippen molar-refractivity contribution in [1.29, 1.82) is 0 Å². The molecule has 3 unspecified atom stereocenters.